The second kappa shape index (κ2) is 6.63. The van der Waals surface area contributed by atoms with Crippen LogP contribution in [0.1, 0.15) is 16.1 Å². The number of carbonyl (C=O) groups is 1. The molecule has 0 spiro atoms. The van der Waals surface area contributed by atoms with E-state index in [1.807, 2.05) is 0 Å². The predicted molar refractivity (Wildman–Crippen MR) is 92.7 cm³/mol. The minimum Gasteiger partial charge on any atom is -0.306 e. The maximum absolute atomic E-state index is 13.1. The van der Waals surface area contributed by atoms with E-state index in [1.54, 1.807) is 43.3 Å². The van der Waals surface area contributed by atoms with Crippen LogP contribution in [0, 0.1) is 12.7 Å². The Hall–Kier alpha value is -2.37. The molecule has 0 bridgehead atoms. The van der Waals surface area contributed by atoms with Crippen LogP contribution in [0.4, 0.5) is 10.2 Å². The fourth-order valence-electron chi connectivity index (χ4n) is 2.26. The van der Waals surface area contributed by atoms with Crippen molar-refractivity contribution in [3.8, 4) is 5.69 Å². The van der Waals surface area contributed by atoms with Gasteiger partial charge >= 0.3 is 0 Å². The number of halogens is 3. The Balaban J connectivity index is 1.96. The summed E-state index contributed by atoms with van der Waals surface area (Å²) in [7, 11) is 0. The largest absolute Gasteiger partial charge is 0.306 e. The zero-order valence-corrected chi connectivity index (χ0v) is 14.1. The second-order valence-electron chi connectivity index (χ2n) is 5.11. The van der Waals surface area contributed by atoms with Gasteiger partial charge in [-0.25, -0.2) is 9.07 Å². The summed E-state index contributed by atoms with van der Waals surface area (Å²) in [6.45, 7) is 1.79. The van der Waals surface area contributed by atoms with E-state index in [-0.39, 0.29) is 21.4 Å². The maximum atomic E-state index is 13.1. The maximum Gasteiger partial charge on any atom is 0.259 e. The number of aromatic nitrogens is 2. The van der Waals surface area contributed by atoms with Crippen LogP contribution in [-0.4, -0.2) is 15.7 Å². The molecule has 0 fully saturated rings. The molecule has 1 heterocycles. The normalized spacial score (nSPS) is 10.7. The van der Waals surface area contributed by atoms with Crippen molar-refractivity contribution in [1.82, 2.24) is 9.78 Å². The van der Waals surface area contributed by atoms with Gasteiger partial charge in [0.05, 0.1) is 27.0 Å². The molecule has 0 aliphatic carbocycles. The molecule has 4 nitrogen and oxygen atoms in total. The van der Waals surface area contributed by atoms with E-state index < -0.39 is 5.91 Å². The first kappa shape index (κ1) is 16.5. The molecule has 7 heteroatoms. The van der Waals surface area contributed by atoms with Crippen LogP contribution in [-0.2, 0) is 0 Å². The average molecular weight is 364 g/mol. The van der Waals surface area contributed by atoms with Crippen LogP contribution < -0.4 is 5.32 Å². The fraction of sp³-hybridized carbons (Fsp3) is 0.0588. The minimum absolute atomic E-state index is 0.186. The van der Waals surface area contributed by atoms with Crippen molar-refractivity contribution in [3.63, 3.8) is 0 Å². The van der Waals surface area contributed by atoms with Gasteiger partial charge in [0.15, 0.2) is 0 Å². The molecule has 122 valence electrons. The Morgan fingerprint density at radius 2 is 1.75 bits per heavy atom. The molecule has 0 unspecified atom stereocenters. The van der Waals surface area contributed by atoms with Crippen molar-refractivity contribution in [2.24, 2.45) is 0 Å². The first-order valence-corrected chi connectivity index (χ1v) is 7.79. The summed E-state index contributed by atoms with van der Waals surface area (Å²) >= 11 is 12.1. The van der Waals surface area contributed by atoms with Gasteiger partial charge in [0.2, 0.25) is 0 Å². The lowest BCUT2D eigenvalue weighted by molar-refractivity contribution is 0.102. The Labute approximate surface area is 147 Å². The van der Waals surface area contributed by atoms with Crippen molar-refractivity contribution < 1.29 is 9.18 Å². The lowest BCUT2D eigenvalue weighted by atomic mass is 10.2. The first-order chi connectivity index (χ1) is 11.5. The van der Waals surface area contributed by atoms with Gasteiger partial charge in [-0.3, -0.25) is 4.79 Å². The van der Waals surface area contributed by atoms with Gasteiger partial charge in [0.1, 0.15) is 11.6 Å². The molecule has 0 saturated heterocycles. The molecule has 1 N–H and O–H groups in total. The van der Waals surface area contributed by atoms with E-state index in [2.05, 4.69) is 10.4 Å². The van der Waals surface area contributed by atoms with E-state index in [0.29, 0.717) is 17.2 Å². The third kappa shape index (κ3) is 3.27. The summed E-state index contributed by atoms with van der Waals surface area (Å²) in [4.78, 5) is 12.5. The van der Waals surface area contributed by atoms with Crippen molar-refractivity contribution in [3.05, 3.63) is 75.7 Å². The Morgan fingerprint density at radius 1 is 1.12 bits per heavy atom. The predicted octanol–water partition coefficient (Wildman–Crippen LogP) is 4.88. The first-order valence-electron chi connectivity index (χ1n) is 7.03. The summed E-state index contributed by atoms with van der Waals surface area (Å²) in [5.41, 5.74) is 1.50. The second-order valence-corrected chi connectivity index (χ2v) is 5.92. The smallest absolute Gasteiger partial charge is 0.259 e. The molecule has 0 aliphatic rings. The molecule has 2 aromatic carbocycles. The summed E-state index contributed by atoms with van der Waals surface area (Å²) in [5, 5.41) is 7.57. The average Bonchev–Trinajstić information content (AvgIpc) is 2.88. The molecule has 3 aromatic rings. The monoisotopic (exact) mass is 363 g/mol. The third-order valence-electron chi connectivity index (χ3n) is 3.33. The van der Waals surface area contributed by atoms with E-state index in [1.165, 1.54) is 16.8 Å². The van der Waals surface area contributed by atoms with Crippen LogP contribution in [0.15, 0.2) is 48.5 Å². The Morgan fingerprint density at radius 3 is 2.38 bits per heavy atom. The number of hydrogen-bond donors (Lipinski definition) is 1. The number of amides is 1. The topological polar surface area (TPSA) is 46.9 Å². The van der Waals surface area contributed by atoms with Crippen LogP contribution in [0.3, 0.4) is 0 Å². The number of nitrogens with one attached hydrogen (secondary N) is 1. The minimum atomic E-state index is -0.450. The highest BCUT2D eigenvalue weighted by Crippen LogP contribution is 2.26. The summed E-state index contributed by atoms with van der Waals surface area (Å²) in [6.07, 6.45) is 0. The summed E-state index contributed by atoms with van der Waals surface area (Å²) < 4.78 is 14.6. The van der Waals surface area contributed by atoms with E-state index in [9.17, 15) is 9.18 Å². The molecule has 3 rings (SSSR count). The number of aryl methyl sites for hydroxylation is 1. The van der Waals surface area contributed by atoms with Gasteiger partial charge in [-0.2, -0.15) is 5.10 Å². The summed E-state index contributed by atoms with van der Waals surface area (Å²) in [5.74, 6) is -0.370. The summed E-state index contributed by atoms with van der Waals surface area (Å²) in [6, 6.07) is 12.3. The van der Waals surface area contributed by atoms with Gasteiger partial charge in [-0.1, -0.05) is 29.3 Å². The van der Waals surface area contributed by atoms with Crippen LogP contribution in [0.25, 0.3) is 5.69 Å². The molecule has 0 radical (unpaired) electrons. The molecular weight excluding hydrogens is 352 g/mol. The highest BCUT2D eigenvalue weighted by molar-refractivity contribution is 6.40. The molecule has 1 amide bonds. The van der Waals surface area contributed by atoms with Gasteiger partial charge in [0, 0.05) is 6.07 Å². The number of anilines is 1. The molecule has 1 aromatic heterocycles. The standard InChI is InChI=1S/C17H12Cl2FN3O/c1-10-9-15(23(22-10)12-7-5-11(20)6-8-12)21-17(24)16-13(18)3-2-4-14(16)19/h2-9H,1H3,(H,21,24). The van der Waals surface area contributed by atoms with Gasteiger partial charge in [-0.05, 0) is 43.3 Å². The van der Waals surface area contributed by atoms with E-state index >= 15 is 0 Å². The Kier molecular flexibility index (Phi) is 4.55. The SMILES string of the molecule is Cc1cc(NC(=O)c2c(Cl)cccc2Cl)n(-c2ccc(F)cc2)n1. The fourth-order valence-corrected chi connectivity index (χ4v) is 2.83. The molecule has 0 atom stereocenters. The number of benzene rings is 2. The number of hydrogen-bond acceptors (Lipinski definition) is 2. The lowest BCUT2D eigenvalue weighted by Crippen LogP contribution is -2.16. The van der Waals surface area contributed by atoms with Crippen LogP contribution in [0.5, 0.6) is 0 Å². The van der Waals surface area contributed by atoms with Gasteiger partial charge in [-0.15, -0.1) is 0 Å². The number of carbonyl (C=O) groups excluding carboxylic acids is 1. The Bertz CT molecular complexity index is 886. The number of rotatable bonds is 3. The zero-order chi connectivity index (χ0) is 17.3. The van der Waals surface area contributed by atoms with Crippen molar-refractivity contribution >= 4 is 34.9 Å². The quantitative estimate of drug-likeness (QED) is 0.720. The zero-order valence-electron chi connectivity index (χ0n) is 12.6. The van der Waals surface area contributed by atoms with Crippen LogP contribution in [0.2, 0.25) is 10.0 Å². The molecule has 0 saturated carbocycles. The molecular formula is C17H12Cl2FN3O. The van der Waals surface area contributed by atoms with Crippen LogP contribution >= 0.6 is 23.2 Å². The van der Waals surface area contributed by atoms with Gasteiger partial charge < -0.3 is 5.32 Å². The van der Waals surface area contributed by atoms with Crippen molar-refractivity contribution in [2.45, 2.75) is 6.92 Å². The van der Waals surface area contributed by atoms with Crippen molar-refractivity contribution in [1.29, 1.82) is 0 Å². The number of nitrogens with zero attached hydrogens (tertiary/aromatic N) is 2. The third-order valence-corrected chi connectivity index (χ3v) is 3.96. The molecule has 24 heavy (non-hydrogen) atoms. The highest BCUT2D eigenvalue weighted by Gasteiger charge is 2.17. The van der Waals surface area contributed by atoms with Gasteiger partial charge in [0.25, 0.3) is 5.91 Å². The lowest BCUT2D eigenvalue weighted by Gasteiger charge is -2.10. The highest BCUT2D eigenvalue weighted by atomic mass is 35.5. The van der Waals surface area contributed by atoms with E-state index in [4.69, 9.17) is 23.2 Å². The molecule has 0 aliphatic heterocycles. The van der Waals surface area contributed by atoms with E-state index in [0.717, 1.165) is 0 Å². The van der Waals surface area contributed by atoms with Crippen molar-refractivity contribution in [2.75, 3.05) is 5.32 Å².